The SMILES string of the molecule is NCCCCc1cccc(C(F)F)c1. The van der Waals surface area contributed by atoms with E-state index >= 15 is 0 Å². The highest BCUT2D eigenvalue weighted by Gasteiger charge is 2.06. The first-order valence-corrected chi connectivity index (χ1v) is 4.81. The van der Waals surface area contributed by atoms with Crippen molar-refractivity contribution in [2.45, 2.75) is 25.7 Å². The molecular weight excluding hydrogens is 184 g/mol. The molecule has 1 nitrogen and oxygen atoms in total. The van der Waals surface area contributed by atoms with Crippen molar-refractivity contribution in [2.75, 3.05) is 6.54 Å². The van der Waals surface area contributed by atoms with Crippen LogP contribution in [0.25, 0.3) is 0 Å². The van der Waals surface area contributed by atoms with Gasteiger partial charge in [0.1, 0.15) is 0 Å². The van der Waals surface area contributed by atoms with Gasteiger partial charge in [0.2, 0.25) is 0 Å². The lowest BCUT2D eigenvalue weighted by Gasteiger charge is -2.03. The highest BCUT2D eigenvalue weighted by molar-refractivity contribution is 5.24. The maximum absolute atomic E-state index is 12.3. The van der Waals surface area contributed by atoms with E-state index in [4.69, 9.17) is 5.73 Å². The van der Waals surface area contributed by atoms with Crippen LogP contribution in [0.1, 0.15) is 30.4 Å². The van der Waals surface area contributed by atoms with Crippen LogP contribution >= 0.6 is 0 Å². The first-order valence-electron chi connectivity index (χ1n) is 4.81. The molecule has 0 fully saturated rings. The molecular formula is C11H15F2N. The molecule has 0 heterocycles. The Morgan fingerprint density at radius 2 is 2.00 bits per heavy atom. The number of halogens is 2. The van der Waals surface area contributed by atoms with Crippen LogP contribution in [-0.2, 0) is 6.42 Å². The maximum atomic E-state index is 12.3. The molecule has 0 aliphatic rings. The molecule has 0 saturated carbocycles. The van der Waals surface area contributed by atoms with Gasteiger partial charge in [-0.2, -0.15) is 0 Å². The van der Waals surface area contributed by atoms with Crippen LogP contribution in [0.15, 0.2) is 24.3 Å². The molecule has 0 aliphatic carbocycles. The van der Waals surface area contributed by atoms with E-state index in [1.807, 2.05) is 6.07 Å². The van der Waals surface area contributed by atoms with Gasteiger partial charge in [-0.15, -0.1) is 0 Å². The van der Waals surface area contributed by atoms with E-state index in [0.717, 1.165) is 24.8 Å². The number of benzene rings is 1. The van der Waals surface area contributed by atoms with Gasteiger partial charge in [0, 0.05) is 5.56 Å². The standard InChI is InChI=1S/C11H15F2N/c12-11(13)10-6-3-5-9(8-10)4-1-2-7-14/h3,5-6,8,11H,1-2,4,7,14H2. The number of rotatable bonds is 5. The molecule has 2 N–H and O–H groups in total. The van der Waals surface area contributed by atoms with Crippen LogP contribution in [0.4, 0.5) is 8.78 Å². The second-order valence-electron chi connectivity index (χ2n) is 3.29. The first kappa shape index (κ1) is 11.1. The van der Waals surface area contributed by atoms with Gasteiger partial charge in [-0.25, -0.2) is 8.78 Å². The number of hydrogen-bond donors (Lipinski definition) is 1. The van der Waals surface area contributed by atoms with Crippen LogP contribution in [0.3, 0.4) is 0 Å². The Labute approximate surface area is 82.9 Å². The van der Waals surface area contributed by atoms with Crippen LogP contribution in [0, 0.1) is 0 Å². The normalized spacial score (nSPS) is 10.9. The van der Waals surface area contributed by atoms with Crippen molar-refractivity contribution in [3.05, 3.63) is 35.4 Å². The number of nitrogens with two attached hydrogens (primary N) is 1. The van der Waals surface area contributed by atoms with Gasteiger partial charge in [-0.3, -0.25) is 0 Å². The molecule has 0 spiro atoms. The molecule has 14 heavy (non-hydrogen) atoms. The summed E-state index contributed by atoms with van der Waals surface area (Å²) in [5.74, 6) is 0. The zero-order chi connectivity index (χ0) is 10.4. The van der Waals surface area contributed by atoms with E-state index in [0.29, 0.717) is 6.54 Å². The van der Waals surface area contributed by atoms with Crippen LogP contribution in [0.2, 0.25) is 0 Å². The Bertz CT molecular complexity index is 274. The summed E-state index contributed by atoms with van der Waals surface area (Å²) in [7, 11) is 0. The van der Waals surface area contributed by atoms with Crippen molar-refractivity contribution >= 4 is 0 Å². The Morgan fingerprint density at radius 1 is 1.21 bits per heavy atom. The number of aryl methyl sites for hydroxylation is 1. The number of alkyl halides is 2. The monoisotopic (exact) mass is 199 g/mol. The van der Waals surface area contributed by atoms with E-state index in [1.165, 1.54) is 6.07 Å². The average molecular weight is 199 g/mol. The van der Waals surface area contributed by atoms with Gasteiger partial charge in [0.05, 0.1) is 0 Å². The summed E-state index contributed by atoms with van der Waals surface area (Å²) < 4.78 is 24.6. The lowest BCUT2D eigenvalue weighted by molar-refractivity contribution is 0.151. The third-order valence-electron chi connectivity index (χ3n) is 2.12. The predicted octanol–water partition coefficient (Wildman–Crippen LogP) is 2.91. The fourth-order valence-electron chi connectivity index (χ4n) is 1.36. The quantitative estimate of drug-likeness (QED) is 0.725. The maximum Gasteiger partial charge on any atom is 0.263 e. The van der Waals surface area contributed by atoms with E-state index in [-0.39, 0.29) is 5.56 Å². The van der Waals surface area contributed by atoms with Crippen LogP contribution < -0.4 is 5.73 Å². The third kappa shape index (κ3) is 3.42. The first-order chi connectivity index (χ1) is 6.74. The van der Waals surface area contributed by atoms with E-state index in [2.05, 4.69) is 0 Å². The minimum Gasteiger partial charge on any atom is -0.330 e. The molecule has 0 bridgehead atoms. The Hall–Kier alpha value is -0.960. The summed E-state index contributed by atoms with van der Waals surface area (Å²) in [6.45, 7) is 0.661. The third-order valence-corrected chi connectivity index (χ3v) is 2.12. The molecule has 0 radical (unpaired) electrons. The lowest BCUT2D eigenvalue weighted by Crippen LogP contribution is -1.99. The molecule has 1 aromatic carbocycles. The Kier molecular flexibility index (Phi) is 4.53. The Morgan fingerprint density at radius 3 is 2.64 bits per heavy atom. The zero-order valence-corrected chi connectivity index (χ0v) is 8.05. The summed E-state index contributed by atoms with van der Waals surface area (Å²) in [6, 6.07) is 6.58. The summed E-state index contributed by atoms with van der Waals surface area (Å²) >= 11 is 0. The molecule has 1 rings (SSSR count). The van der Waals surface area contributed by atoms with E-state index in [1.54, 1.807) is 12.1 Å². The second kappa shape index (κ2) is 5.70. The van der Waals surface area contributed by atoms with Crippen molar-refractivity contribution in [1.82, 2.24) is 0 Å². The van der Waals surface area contributed by atoms with Gasteiger partial charge in [0.25, 0.3) is 6.43 Å². The largest absolute Gasteiger partial charge is 0.330 e. The molecule has 0 aromatic heterocycles. The van der Waals surface area contributed by atoms with Crippen molar-refractivity contribution in [1.29, 1.82) is 0 Å². The van der Waals surface area contributed by atoms with Gasteiger partial charge in [0.15, 0.2) is 0 Å². The van der Waals surface area contributed by atoms with Crippen molar-refractivity contribution in [3.63, 3.8) is 0 Å². The highest BCUT2D eigenvalue weighted by atomic mass is 19.3. The van der Waals surface area contributed by atoms with Gasteiger partial charge < -0.3 is 5.73 Å². The summed E-state index contributed by atoms with van der Waals surface area (Å²) in [4.78, 5) is 0. The topological polar surface area (TPSA) is 26.0 Å². The molecule has 0 saturated heterocycles. The molecule has 3 heteroatoms. The van der Waals surface area contributed by atoms with E-state index < -0.39 is 6.43 Å². The zero-order valence-electron chi connectivity index (χ0n) is 8.05. The molecule has 0 atom stereocenters. The molecule has 0 unspecified atom stereocenters. The fourth-order valence-corrected chi connectivity index (χ4v) is 1.36. The van der Waals surface area contributed by atoms with Crippen molar-refractivity contribution in [3.8, 4) is 0 Å². The van der Waals surface area contributed by atoms with Crippen LogP contribution in [-0.4, -0.2) is 6.54 Å². The molecule has 78 valence electrons. The predicted molar refractivity (Wildman–Crippen MR) is 53.4 cm³/mol. The van der Waals surface area contributed by atoms with Gasteiger partial charge in [-0.1, -0.05) is 24.3 Å². The molecule has 1 aromatic rings. The van der Waals surface area contributed by atoms with Gasteiger partial charge in [-0.05, 0) is 31.4 Å². The second-order valence-corrected chi connectivity index (χ2v) is 3.29. The van der Waals surface area contributed by atoms with Crippen molar-refractivity contribution < 1.29 is 8.78 Å². The smallest absolute Gasteiger partial charge is 0.263 e. The van der Waals surface area contributed by atoms with Crippen LogP contribution in [0.5, 0.6) is 0 Å². The van der Waals surface area contributed by atoms with Gasteiger partial charge >= 0.3 is 0 Å². The van der Waals surface area contributed by atoms with Crippen molar-refractivity contribution in [2.24, 2.45) is 5.73 Å². The highest BCUT2D eigenvalue weighted by Crippen LogP contribution is 2.20. The van der Waals surface area contributed by atoms with E-state index in [9.17, 15) is 8.78 Å². The summed E-state index contributed by atoms with van der Waals surface area (Å²) in [6.07, 6.45) is 0.365. The summed E-state index contributed by atoms with van der Waals surface area (Å²) in [5, 5.41) is 0. The number of hydrogen-bond acceptors (Lipinski definition) is 1. The Balaban J connectivity index is 2.55. The minimum absolute atomic E-state index is 0.107. The number of unbranched alkanes of at least 4 members (excludes halogenated alkanes) is 1. The fraction of sp³-hybridized carbons (Fsp3) is 0.455. The average Bonchev–Trinajstić information content (AvgIpc) is 2.19. The lowest BCUT2D eigenvalue weighted by atomic mass is 10.1. The summed E-state index contributed by atoms with van der Waals surface area (Å²) in [5.41, 5.74) is 6.43. The molecule has 0 aliphatic heterocycles. The minimum atomic E-state index is -2.37. The molecule has 0 amide bonds.